The summed E-state index contributed by atoms with van der Waals surface area (Å²) in [6, 6.07) is 8.45. The van der Waals surface area contributed by atoms with Gasteiger partial charge in [-0.15, -0.1) is 0 Å². The molecule has 4 nitrogen and oxygen atoms in total. The zero-order valence-corrected chi connectivity index (χ0v) is 13.7. The van der Waals surface area contributed by atoms with Crippen LogP contribution >= 0.6 is 0 Å². The van der Waals surface area contributed by atoms with Crippen LogP contribution < -0.4 is 0 Å². The van der Waals surface area contributed by atoms with Gasteiger partial charge in [0.25, 0.3) is 0 Å². The number of ether oxygens (including phenoxy) is 3. The van der Waals surface area contributed by atoms with Gasteiger partial charge in [-0.2, -0.15) is 0 Å². The van der Waals surface area contributed by atoms with Gasteiger partial charge >= 0.3 is 5.97 Å². The predicted octanol–water partition coefficient (Wildman–Crippen LogP) is 3.96. The van der Waals surface area contributed by atoms with Gasteiger partial charge in [0.2, 0.25) is 0 Å². The summed E-state index contributed by atoms with van der Waals surface area (Å²) in [7, 11) is 0. The number of esters is 1. The van der Waals surface area contributed by atoms with E-state index in [2.05, 4.69) is 38.1 Å². The molecule has 1 saturated heterocycles. The molecule has 1 fully saturated rings. The first-order chi connectivity index (χ1) is 10.6. The number of unbranched alkanes of at least 4 members (excludes halogenated alkanes) is 1. The summed E-state index contributed by atoms with van der Waals surface area (Å²) in [6.45, 7) is 6.92. The SMILES string of the molecule is CC(=O)OCCCC[C@@H]1CO[C@@H](c2ccc(C(C)C)cc2)O1. The number of rotatable bonds is 7. The molecular formula is C18H26O4. The number of carbonyl (C=O) groups excluding carboxylic acids is 1. The molecular weight excluding hydrogens is 280 g/mol. The van der Waals surface area contributed by atoms with Crippen molar-refractivity contribution < 1.29 is 19.0 Å². The van der Waals surface area contributed by atoms with Crippen LogP contribution in [0.5, 0.6) is 0 Å². The van der Waals surface area contributed by atoms with Crippen LogP contribution in [0.25, 0.3) is 0 Å². The number of hydrogen-bond donors (Lipinski definition) is 0. The lowest BCUT2D eigenvalue weighted by atomic mass is 10.0. The molecule has 0 bridgehead atoms. The Kier molecular flexibility index (Phi) is 6.40. The normalized spacial score (nSPS) is 21.3. The fraction of sp³-hybridized carbons (Fsp3) is 0.611. The van der Waals surface area contributed by atoms with E-state index in [0.29, 0.717) is 19.1 Å². The predicted molar refractivity (Wildman–Crippen MR) is 84.6 cm³/mol. The van der Waals surface area contributed by atoms with Crippen molar-refractivity contribution in [3.63, 3.8) is 0 Å². The van der Waals surface area contributed by atoms with Crippen LogP contribution in [0.15, 0.2) is 24.3 Å². The topological polar surface area (TPSA) is 44.8 Å². The average Bonchev–Trinajstić information content (AvgIpc) is 2.95. The molecule has 1 aliphatic heterocycles. The first-order valence-corrected chi connectivity index (χ1v) is 8.06. The lowest BCUT2D eigenvalue weighted by Crippen LogP contribution is -2.10. The molecule has 0 aliphatic carbocycles. The minimum absolute atomic E-state index is 0.132. The standard InChI is InChI=1S/C18H26O4/c1-13(2)15-7-9-16(10-8-15)18-21-12-17(22-18)6-4-5-11-20-14(3)19/h7-10,13,17-18H,4-6,11-12H2,1-3H3/t17-,18-/m1/s1. The third kappa shape index (κ3) is 5.11. The average molecular weight is 306 g/mol. The van der Waals surface area contributed by atoms with Crippen LogP contribution in [0.1, 0.15) is 63.4 Å². The molecule has 1 aliphatic rings. The first-order valence-electron chi connectivity index (χ1n) is 8.06. The van der Waals surface area contributed by atoms with Gasteiger partial charge in [0.1, 0.15) is 0 Å². The van der Waals surface area contributed by atoms with Crippen LogP contribution in [0.4, 0.5) is 0 Å². The van der Waals surface area contributed by atoms with Gasteiger partial charge in [-0.3, -0.25) is 4.79 Å². The summed E-state index contributed by atoms with van der Waals surface area (Å²) < 4.78 is 16.6. The van der Waals surface area contributed by atoms with Crippen LogP contribution in [-0.4, -0.2) is 25.3 Å². The van der Waals surface area contributed by atoms with Crippen molar-refractivity contribution in [3.05, 3.63) is 35.4 Å². The molecule has 0 radical (unpaired) electrons. The third-order valence-electron chi connectivity index (χ3n) is 3.85. The molecule has 4 heteroatoms. The molecule has 0 N–H and O–H groups in total. The van der Waals surface area contributed by atoms with E-state index in [0.717, 1.165) is 24.8 Å². The van der Waals surface area contributed by atoms with Crippen molar-refractivity contribution >= 4 is 5.97 Å². The maximum Gasteiger partial charge on any atom is 0.302 e. The van der Waals surface area contributed by atoms with Crippen LogP contribution in [-0.2, 0) is 19.0 Å². The van der Waals surface area contributed by atoms with E-state index in [1.165, 1.54) is 12.5 Å². The molecule has 2 atom stereocenters. The van der Waals surface area contributed by atoms with E-state index in [4.69, 9.17) is 14.2 Å². The molecule has 0 aromatic heterocycles. The summed E-state index contributed by atoms with van der Waals surface area (Å²) in [4.78, 5) is 10.7. The molecule has 122 valence electrons. The van der Waals surface area contributed by atoms with E-state index in [-0.39, 0.29) is 18.4 Å². The fourth-order valence-corrected chi connectivity index (χ4v) is 2.50. The molecule has 1 aromatic rings. The van der Waals surface area contributed by atoms with E-state index in [1.807, 2.05) is 0 Å². The van der Waals surface area contributed by atoms with Gasteiger partial charge in [0.05, 0.1) is 19.3 Å². The quantitative estimate of drug-likeness (QED) is 0.565. The van der Waals surface area contributed by atoms with Crippen molar-refractivity contribution in [2.24, 2.45) is 0 Å². The van der Waals surface area contributed by atoms with Gasteiger partial charge < -0.3 is 14.2 Å². The Morgan fingerprint density at radius 2 is 2.00 bits per heavy atom. The number of hydrogen-bond acceptors (Lipinski definition) is 4. The second-order valence-electron chi connectivity index (χ2n) is 6.08. The highest BCUT2D eigenvalue weighted by Crippen LogP contribution is 2.29. The van der Waals surface area contributed by atoms with Crippen molar-refractivity contribution in [3.8, 4) is 0 Å². The highest BCUT2D eigenvalue weighted by atomic mass is 16.7. The van der Waals surface area contributed by atoms with Gasteiger partial charge in [0, 0.05) is 12.5 Å². The second-order valence-corrected chi connectivity index (χ2v) is 6.08. The Labute approximate surface area is 132 Å². The van der Waals surface area contributed by atoms with Gasteiger partial charge in [0.15, 0.2) is 6.29 Å². The largest absolute Gasteiger partial charge is 0.466 e. The van der Waals surface area contributed by atoms with Crippen molar-refractivity contribution in [1.82, 2.24) is 0 Å². The summed E-state index contributed by atoms with van der Waals surface area (Å²) in [6.07, 6.45) is 2.65. The number of carbonyl (C=O) groups is 1. The zero-order chi connectivity index (χ0) is 15.9. The summed E-state index contributed by atoms with van der Waals surface area (Å²) in [5.74, 6) is 0.315. The lowest BCUT2D eigenvalue weighted by Gasteiger charge is -2.13. The Morgan fingerprint density at radius 3 is 2.64 bits per heavy atom. The number of benzene rings is 1. The van der Waals surface area contributed by atoms with Crippen LogP contribution in [0.2, 0.25) is 0 Å². The Bertz CT molecular complexity index is 466. The highest BCUT2D eigenvalue weighted by Gasteiger charge is 2.26. The maximum atomic E-state index is 10.7. The van der Waals surface area contributed by atoms with Crippen molar-refractivity contribution in [2.75, 3.05) is 13.2 Å². The van der Waals surface area contributed by atoms with E-state index in [1.54, 1.807) is 0 Å². The van der Waals surface area contributed by atoms with Crippen molar-refractivity contribution in [2.45, 2.75) is 58.3 Å². The van der Waals surface area contributed by atoms with Crippen LogP contribution in [0, 0.1) is 0 Å². The van der Waals surface area contributed by atoms with E-state index in [9.17, 15) is 4.79 Å². The smallest absolute Gasteiger partial charge is 0.302 e. The van der Waals surface area contributed by atoms with E-state index < -0.39 is 0 Å². The first kappa shape index (κ1) is 17.0. The minimum atomic E-state index is -0.250. The Balaban J connectivity index is 1.72. The van der Waals surface area contributed by atoms with Gasteiger partial charge in [-0.05, 0) is 30.7 Å². The fourth-order valence-electron chi connectivity index (χ4n) is 2.50. The molecule has 0 spiro atoms. The molecule has 0 unspecified atom stereocenters. The van der Waals surface area contributed by atoms with Gasteiger partial charge in [-0.25, -0.2) is 0 Å². The Morgan fingerprint density at radius 1 is 1.27 bits per heavy atom. The molecule has 0 amide bonds. The monoisotopic (exact) mass is 306 g/mol. The maximum absolute atomic E-state index is 10.7. The molecule has 0 saturated carbocycles. The minimum Gasteiger partial charge on any atom is -0.466 e. The van der Waals surface area contributed by atoms with Gasteiger partial charge in [-0.1, -0.05) is 38.1 Å². The summed E-state index contributed by atoms with van der Waals surface area (Å²) in [5.41, 5.74) is 2.40. The summed E-state index contributed by atoms with van der Waals surface area (Å²) >= 11 is 0. The molecule has 1 aromatic carbocycles. The molecule has 1 heterocycles. The summed E-state index contributed by atoms with van der Waals surface area (Å²) in [5, 5.41) is 0. The Hall–Kier alpha value is -1.39. The third-order valence-corrected chi connectivity index (χ3v) is 3.85. The van der Waals surface area contributed by atoms with Crippen LogP contribution in [0.3, 0.4) is 0 Å². The molecule has 22 heavy (non-hydrogen) atoms. The highest BCUT2D eigenvalue weighted by molar-refractivity contribution is 5.65. The van der Waals surface area contributed by atoms with E-state index >= 15 is 0 Å². The lowest BCUT2D eigenvalue weighted by molar-refractivity contribution is -0.141. The molecule has 2 rings (SSSR count). The second kappa shape index (κ2) is 8.30. The van der Waals surface area contributed by atoms with Crippen molar-refractivity contribution in [1.29, 1.82) is 0 Å². The zero-order valence-electron chi connectivity index (χ0n) is 13.7.